The highest BCUT2D eigenvalue weighted by molar-refractivity contribution is 7.12. The lowest BCUT2D eigenvalue weighted by molar-refractivity contribution is 0.190. The van der Waals surface area contributed by atoms with Crippen LogP contribution in [-0.2, 0) is 6.42 Å². The molecule has 1 aromatic carbocycles. The molecule has 0 saturated carbocycles. The fourth-order valence-electron chi connectivity index (χ4n) is 3.30. The van der Waals surface area contributed by atoms with Gasteiger partial charge in [0.05, 0.1) is 6.04 Å². The second-order valence-electron chi connectivity index (χ2n) is 6.49. The molecule has 3 nitrogen and oxygen atoms in total. The van der Waals surface area contributed by atoms with Crippen molar-refractivity contribution in [3.05, 3.63) is 51.7 Å². The van der Waals surface area contributed by atoms with Crippen LogP contribution in [-0.4, -0.2) is 17.5 Å². The van der Waals surface area contributed by atoms with Crippen molar-refractivity contribution in [3.8, 4) is 0 Å². The molecule has 0 aliphatic carbocycles. The van der Waals surface area contributed by atoms with Crippen molar-refractivity contribution in [1.29, 1.82) is 0 Å². The van der Waals surface area contributed by atoms with Gasteiger partial charge in [0.2, 0.25) is 0 Å². The Bertz CT molecular complexity index is 677. The van der Waals surface area contributed by atoms with Crippen molar-refractivity contribution in [2.24, 2.45) is 0 Å². The van der Waals surface area contributed by atoms with Crippen molar-refractivity contribution in [3.63, 3.8) is 0 Å². The van der Waals surface area contributed by atoms with E-state index in [1.54, 1.807) is 0 Å². The molecular weight excluding hydrogens is 316 g/mol. The van der Waals surface area contributed by atoms with E-state index in [0.717, 1.165) is 31.5 Å². The average molecular weight is 343 g/mol. The number of urea groups is 1. The van der Waals surface area contributed by atoms with Gasteiger partial charge in [0, 0.05) is 22.0 Å². The van der Waals surface area contributed by atoms with Gasteiger partial charge in [0.15, 0.2) is 0 Å². The number of carbonyl (C=O) groups excluding carboxylic acids is 1. The molecule has 4 heteroatoms. The van der Waals surface area contributed by atoms with Crippen LogP contribution in [0.2, 0.25) is 0 Å². The van der Waals surface area contributed by atoms with E-state index in [9.17, 15) is 4.79 Å². The number of benzene rings is 1. The van der Waals surface area contributed by atoms with Gasteiger partial charge in [-0.15, -0.1) is 11.3 Å². The van der Waals surface area contributed by atoms with Gasteiger partial charge >= 0.3 is 6.03 Å². The van der Waals surface area contributed by atoms with E-state index in [1.165, 1.54) is 28.2 Å². The number of hydrogen-bond acceptors (Lipinski definition) is 2. The molecule has 24 heavy (non-hydrogen) atoms. The van der Waals surface area contributed by atoms with E-state index < -0.39 is 0 Å². The molecule has 128 valence electrons. The standard InChI is InChI=1S/C20H26N2OS/c1-3-16-9-11-17(12-10-16)21-20(23)22-14-6-4-5-7-18(22)19-13-8-15(2)24-19/h8-13,18H,3-7,14H2,1-2H3,(H,21,23)/t18-/m1/s1. The minimum absolute atomic E-state index is 0.0252. The van der Waals surface area contributed by atoms with Crippen LogP contribution in [0.25, 0.3) is 0 Å². The maximum Gasteiger partial charge on any atom is 0.322 e. The topological polar surface area (TPSA) is 32.3 Å². The number of aryl methyl sites for hydroxylation is 2. The Labute approximate surface area is 148 Å². The number of amides is 2. The number of nitrogens with zero attached hydrogens (tertiary/aromatic N) is 1. The molecule has 3 rings (SSSR count). The lowest BCUT2D eigenvalue weighted by atomic mass is 10.1. The Morgan fingerprint density at radius 1 is 1.17 bits per heavy atom. The molecule has 0 unspecified atom stereocenters. The van der Waals surface area contributed by atoms with Crippen molar-refractivity contribution < 1.29 is 4.79 Å². The minimum atomic E-state index is 0.0252. The highest BCUT2D eigenvalue weighted by Gasteiger charge is 2.27. The molecule has 2 amide bonds. The number of carbonyl (C=O) groups is 1. The van der Waals surface area contributed by atoms with E-state index in [-0.39, 0.29) is 12.1 Å². The largest absolute Gasteiger partial charge is 0.322 e. The van der Waals surface area contributed by atoms with Crippen molar-refractivity contribution >= 4 is 23.1 Å². The molecule has 0 spiro atoms. The van der Waals surface area contributed by atoms with Gasteiger partial charge < -0.3 is 10.2 Å². The summed E-state index contributed by atoms with van der Waals surface area (Å²) in [5.41, 5.74) is 2.16. The summed E-state index contributed by atoms with van der Waals surface area (Å²) in [5, 5.41) is 3.09. The first kappa shape index (κ1) is 17.0. The molecule has 0 bridgehead atoms. The van der Waals surface area contributed by atoms with Gasteiger partial charge in [-0.3, -0.25) is 0 Å². The zero-order valence-corrected chi connectivity index (χ0v) is 15.4. The number of likely N-dealkylation sites (tertiary alicyclic amines) is 1. The minimum Gasteiger partial charge on any atom is -0.317 e. The van der Waals surface area contributed by atoms with Crippen LogP contribution in [0.5, 0.6) is 0 Å². The fourth-order valence-corrected chi connectivity index (χ4v) is 4.32. The number of anilines is 1. The zero-order chi connectivity index (χ0) is 16.9. The Morgan fingerprint density at radius 2 is 1.96 bits per heavy atom. The summed E-state index contributed by atoms with van der Waals surface area (Å²) >= 11 is 1.81. The Balaban J connectivity index is 1.76. The number of hydrogen-bond donors (Lipinski definition) is 1. The second kappa shape index (κ2) is 7.84. The Morgan fingerprint density at radius 3 is 2.62 bits per heavy atom. The SMILES string of the molecule is CCc1ccc(NC(=O)N2CCCCC[C@@H]2c2ccc(C)s2)cc1. The van der Waals surface area contributed by atoms with Crippen LogP contribution < -0.4 is 5.32 Å². The van der Waals surface area contributed by atoms with Crippen LogP contribution >= 0.6 is 11.3 Å². The summed E-state index contributed by atoms with van der Waals surface area (Å²) in [5.74, 6) is 0. The first-order valence-electron chi connectivity index (χ1n) is 8.90. The third-order valence-corrected chi connectivity index (χ3v) is 5.82. The first-order valence-corrected chi connectivity index (χ1v) is 9.72. The third-order valence-electron chi connectivity index (χ3n) is 4.72. The zero-order valence-electron chi connectivity index (χ0n) is 14.5. The van der Waals surface area contributed by atoms with Crippen LogP contribution in [0, 0.1) is 6.92 Å². The van der Waals surface area contributed by atoms with E-state index in [4.69, 9.17) is 0 Å². The maximum absolute atomic E-state index is 12.9. The van der Waals surface area contributed by atoms with Crippen LogP contribution in [0.15, 0.2) is 36.4 Å². The molecule has 1 N–H and O–H groups in total. The Hall–Kier alpha value is -1.81. The first-order chi connectivity index (χ1) is 11.7. The van der Waals surface area contributed by atoms with Crippen LogP contribution in [0.1, 0.15) is 54.0 Å². The van der Waals surface area contributed by atoms with Gasteiger partial charge in [0.1, 0.15) is 0 Å². The third kappa shape index (κ3) is 3.99. The Kier molecular flexibility index (Phi) is 5.56. The molecule has 1 saturated heterocycles. The second-order valence-corrected chi connectivity index (χ2v) is 7.81. The predicted octanol–water partition coefficient (Wildman–Crippen LogP) is 5.77. The van der Waals surface area contributed by atoms with Crippen molar-refractivity contribution in [1.82, 2.24) is 4.90 Å². The molecule has 2 aromatic rings. The molecule has 0 radical (unpaired) electrons. The summed E-state index contributed by atoms with van der Waals surface area (Å²) < 4.78 is 0. The van der Waals surface area contributed by atoms with Gasteiger partial charge in [-0.1, -0.05) is 31.9 Å². The molecule has 1 aromatic heterocycles. The molecule has 1 aliphatic heterocycles. The molecule has 1 fully saturated rings. The summed E-state index contributed by atoms with van der Waals surface area (Å²) in [6.45, 7) is 5.10. The lowest BCUT2D eigenvalue weighted by Crippen LogP contribution is -2.37. The smallest absolute Gasteiger partial charge is 0.317 e. The van der Waals surface area contributed by atoms with Crippen LogP contribution in [0.3, 0.4) is 0 Å². The number of rotatable bonds is 3. The van der Waals surface area contributed by atoms with E-state index in [1.807, 2.05) is 28.4 Å². The normalized spacial score (nSPS) is 18.2. The summed E-state index contributed by atoms with van der Waals surface area (Å²) in [6.07, 6.45) is 5.55. The molecule has 1 aliphatic rings. The molecular formula is C20H26N2OS. The maximum atomic E-state index is 12.9. The van der Waals surface area contributed by atoms with E-state index in [2.05, 4.69) is 43.4 Å². The van der Waals surface area contributed by atoms with Gasteiger partial charge in [-0.05, 0) is 56.0 Å². The number of nitrogens with one attached hydrogen (secondary N) is 1. The van der Waals surface area contributed by atoms with Crippen LogP contribution in [0.4, 0.5) is 10.5 Å². The van der Waals surface area contributed by atoms with E-state index >= 15 is 0 Å². The van der Waals surface area contributed by atoms with Gasteiger partial charge in [-0.25, -0.2) is 4.79 Å². The molecule has 2 heterocycles. The summed E-state index contributed by atoms with van der Waals surface area (Å²) in [6, 6.07) is 12.7. The number of thiophene rings is 1. The van der Waals surface area contributed by atoms with Gasteiger partial charge in [-0.2, -0.15) is 0 Å². The van der Waals surface area contributed by atoms with Crippen molar-refractivity contribution in [2.45, 2.75) is 52.0 Å². The monoisotopic (exact) mass is 342 g/mol. The molecule has 1 atom stereocenters. The quantitative estimate of drug-likeness (QED) is 0.754. The van der Waals surface area contributed by atoms with Crippen molar-refractivity contribution in [2.75, 3.05) is 11.9 Å². The van der Waals surface area contributed by atoms with E-state index in [0.29, 0.717) is 0 Å². The highest BCUT2D eigenvalue weighted by atomic mass is 32.1. The average Bonchev–Trinajstić information content (AvgIpc) is 2.87. The highest BCUT2D eigenvalue weighted by Crippen LogP contribution is 2.34. The van der Waals surface area contributed by atoms with Gasteiger partial charge in [0.25, 0.3) is 0 Å². The predicted molar refractivity (Wildman–Crippen MR) is 102 cm³/mol. The lowest BCUT2D eigenvalue weighted by Gasteiger charge is -2.29. The fraction of sp³-hybridized carbons (Fsp3) is 0.450. The summed E-state index contributed by atoms with van der Waals surface area (Å²) in [7, 11) is 0. The summed E-state index contributed by atoms with van der Waals surface area (Å²) in [4.78, 5) is 17.5.